The van der Waals surface area contributed by atoms with Gasteiger partial charge in [0.15, 0.2) is 0 Å². The summed E-state index contributed by atoms with van der Waals surface area (Å²) in [6, 6.07) is 19.2. The Balaban J connectivity index is 1.55. The minimum absolute atomic E-state index is 0.428. The number of nitrogens with two attached hydrogens (primary N) is 1. The molecule has 2 heteroatoms. The maximum atomic E-state index is 5.90. The molecule has 1 fully saturated rings. The minimum atomic E-state index is 0.428. The fourth-order valence-electron chi connectivity index (χ4n) is 3.12. The molecule has 0 unspecified atom stereocenters. The van der Waals surface area contributed by atoms with Crippen LogP contribution in [0.5, 0.6) is 0 Å². The molecule has 0 spiro atoms. The second kappa shape index (κ2) is 6.31. The van der Waals surface area contributed by atoms with Gasteiger partial charge in [-0.25, -0.2) is 0 Å². The Hall–Kier alpha value is -1.80. The van der Waals surface area contributed by atoms with Crippen LogP contribution in [0.3, 0.4) is 0 Å². The lowest BCUT2D eigenvalue weighted by molar-refractivity contribution is 0.136. The summed E-state index contributed by atoms with van der Waals surface area (Å²) in [7, 11) is 0. The summed E-state index contributed by atoms with van der Waals surface area (Å²) in [5.74, 6) is 0. The molecule has 0 amide bonds. The van der Waals surface area contributed by atoms with Gasteiger partial charge in [0, 0.05) is 12.2 Å². The Morgan fingerprint density at radius 3 is 2.14 bits per heavy atom. The number of hydrogen-bond donors (Lipinski definition) is 2. The largest absolute Gasteiger partial charge is 0.385 e. The van der Waals surface area contributed by atoms with Crippen molar-refractivity contribution in [3.63, 3.8) is 0 Å². The van der Waals surface area contributed by atoms with Crippen molar-refractivity contribution in [2.75, 3.05) is 18.4 Å². The zero-order valence-electron chi connectivity index (χ0n) is 12.5. The van der Waals surface area contributed by atoms with Gasteiger partial charge < -0.3 is 11.1 Å². The molecule has 0 atom stereocenters. The van der Waals surface area contributed by atoms with E-state index in [1.807, 2.05) is 6.07 Å². The van der Waals surface area contributed by atoms with E-state index in [0.717, 1.165) is 13.1 Å². The highest BCUT2D eigenvalue weighted by atomic mass is 14.9. The van der Waals surface area contributed by atoms with E-state index < -0.39 is 0 Å². The van der Waals surface area contributed by atoms with E-state index in [1.54, 1.807) is 0 Å². The number of benzene rings is 2. The first kappa shape index (κ1) is 14.2. The Bertz CT molecular complexity index is 550. The summed E-state index contributed by atoms with van der Waals surface area (Å²) in [6.07, 6.45) is 5.14. The topological polar surface area (TPSA) is 38.0 Å². The van der Waals surface area contributed by atoms with Crippen molar-refractivity contribution in [2.45, 2.75) is 25.7 Å². The maximum Gasteiger partial charge on any atom is 0.0340 e. The molecular weight excluding hydrogens is 256 g/mol. The average molecular weight is 280 g/mol. The first-order chi connectivity index (χ1) is 10.3. The van der Waals surface area contributed by atoms with Crippen molar-refractivity contribution in [3.8, 4) is 11.1 Å². The molecule has 0 radical (unpaired) electrons. The van der Waals surface area contributed by atoms with Gasteiger partial charge in [-0.1, -0.05) is 48.9 Å². The van der Waals surface area contributed by atoms with E-state index in [9.17, 15) is 0 Å². The van der Waals surface area contributed by atoms with Gasteiger partial charge in [-0.15, -0.1) is 0 Å². The zero-order chi connectivity index (χ0) is 14.5. The van der Waals surface area contributed by atoms with Crippen LogP contribution in [-0.2, 0) is 0 Å². The summed E-state index contributed by atoms with van der Waals surface area (Å²) >= 11 is 0. The third-order valence-electron chi connectivity index (χ3n) is 4.82. The van der Waals surface area contributed by atoms with Crippen molar-refractivity contribution >= 4 is 5.69 Å². The van der Waals surface area contributed by atoms with Gasteiger partial charge in [-0.2, -0.15) is 0 Å². The van der Waals surface area contributed by atoms with Crippen molar-refractivity contribution < 1.29 is 0 Å². The smallest absolute Gasteiger partial charge is 0.0340 e. The van der Waals surface area contributed by atoms with Crippen LogP contribution in [0.2, 0.25) is 0 Å². The molecule has 0 saturated heterocycles. The molecule has 0 heterocycles. The number of rotatable bonds is 6. The van der Waals surface area contributed by atoms with Crippen LogP contribution in [0.1, 0.15) is 25.7 Å². The van der Waals surface area contributed by atoms with Crippen LogP contribution in [0.15, 0.2) is 54.6 Å². The summed E-state index contributed by atoms with van der Waals surface area (Å²) < 4.78 is 0. The summed E-state index contributed by atoms with van der Waals surface area (Å²) in [5, 5.41) is 3.53. The summed E-state index contributed by atoms with van der Waals surface area (Å²) in [4.78, 5) is 0. The first-order valence-electron chi connectivity index (χ1n) is 7.91. The Morgan fingerprint density at radius 2 is 1.57 bits per heavy atom. The van der Waals surface area contributed by atoms with Crippen LogP contribution < -0.4 is 11.1 Å². The van der Waals surface area contributed by atoms with Gasteiger partial charge >= 0.3 is 0 Å². The van der Waals surface area contributed by atoms with Crippen LogP contribution >= 0.6 is 0 Å². The van der Waals surface area contributed by atoms with Crippen molar-refractivity contribution in [3.05, 3.63) is 54.6 Å². The normalized spacial score (nSPS) is 16.2. The second-order valence-electron chi connectivity index (χ2n) is 6.18. The SMILES string of the molecule is NCC1(CCNc2ccc(-c3ccccc3)cc2)CCC1. The molecule has 1 saturated carbocycles. The molecule has 3 rings (SSSR count). The fourth-order valence-corrected chi connectivity index (χ4v) is 3.12. The highest BCUT2D eigenvalue weighted by molar-refractivity contribution is 5.65. The minimum Gasteiger partial charge on any atom is -0.385 e. The lowest BCUT2D eigenvalue weighted by atomic mass is 9.67. The standard InChI is InChI=1S/C19H24N2/c20-15-19(11-4-12-19)13-14-21-18-9-7-17(8-10-18)16-5-2-1-3-6-16/h1-3,5-10,21H,4,11-15,20H2. The summed E-state index contributed by atoms with van der Waals surface area (Å²) in [5.41, 5.74) is 10.1. The van der Waals surface area contributed by atoms with Crippen LogP contribution in [0, 0.1) is 5.41 Å². The third kappa shape index (κ3) is 3.27. The summed E-state index contributed by atoms with van der Waals surface area (Å²) in [6.45, 7) is 1.85. The monoisotopic (exact) mass is 280 g/mol. The predicted octanol–water partition coefficient (Wildman–Crippen LogP) is 4.28. The first-order valence-corrected chi connectivity index (χ1v) is 7.91. The van der Waals surface area contributed by atoms with Crippen molar-refractivity contribution in [1.29, 1.82) is 0 Å². The van der Waals surface area contributed by atoms with Gasteiger partial charge in [-0.05, 0) is 54.5 Å². The van der Waals surface area contributed by atoms with Gasteiger partial charge in [0.2, 0.25) is 0 Å². The Labute approximate surface area is 127 Å². The molecule has 2 aromatic carbocycles. The molecule has 2 aromatic rings. The highest BCUT2D eigenvalue weighted by Crippen LogP contribution is 2.42. The third-order valence-corrected chi connectivity index (χ3v) is 4.82. The second-order valence-corrected chi connectivity index (χ2v) is 6.18. The van der Waals surface area contributed by atoms with Crippen molar-refractivity contribution in [2.24, 2.45) is 11.1 Å². The van der Waals surface area contributed by atoms with Crippen LogP contribution in [-0.4, -0.2) is 13.1 Å². The van der Waals surface area contributed by atoms with Crippen LogP contribution in [0.25, 0.3) is 11.1 Å². The maximum absolute atomic E-state index is 5.90. The number of hydrogen-bond acceptors (Lipinski definition) is 2. The van der Waals surface area contributed by atoms with E-state index in [1.165, 1.54) is 42.5 Å². The lowest BCUT2D eigenvalue weighted by Crippen LogP contribution is -2.38. The molecule has 3 N–H and O–H groups in total. The quantitative estimate of drug-likeness (QED) is 0.828. The van der Waals surface area contributed by atoms with E-state index >= 15 is 0 Å². The van der Waals surface area contributed by atoms with Gasteiger partial charge in [0.1, 0.15) is 0 Å². The predicted molar refractivity (Wildman–Crippen MR) is 90.3 cm³/mol. The molecule has 1 aliphatic carbocycles. The molecule has 0 aliphatic heterocycles. The lowest BCUT2D eigenvalue weighted by Gasteiger charge is -2.41. The van der Waals surface area contributed by atoms with Gasteiger partial charge in [-0.3, -0.25) is 0 Å². The van der Waals surface area contributed by atoms with Crippen LogP contribution in [0.4, 0.5) is 5.69 Å². The molecule has 2 nitrogen and oxygen atoms in total. The van der Waals surface area contributed by atoms with E-state index in [-0.39, 0.29) is 0 Å². The number of anilines is 1. The Morgan fingerprint density at radius 1 is 0.905 bits per heavy atom. The van der Waals surface area contributed by atoms with E-state index in [2.05, 4.69) is 53.8 Å². The van der Waals surface area contributed by atoms with Gasteiger partial charge in [0.05, 0.1) is 0 Å². The van der Waals surface area contributed by atoms with Crippen molar-refractivity contribution in [1.82, 2.24) is 0 Å². The Kier molecular flexibility index (Phi) is 4.26. The molecule has 21 heavy (non-hydrogen) atoms. The molecule has 0 aromatic heterocycles. The molecule has 0 bridgehead atoms. The van der Waals surface area contributed by atoms with E-state index in [4.69, 9.17) is 5.73 Å². The fraction of sp³-hybridized carbons (Fsp3) is 0.368. The highest BCUT2D eigenvalue weighted by Gasteiger charge is 2.34. The van der Waals surface area contributed by atoms with E-state index in [0.29, 0.717) is 5.41 Å². The molecular formula is C19H24N2. The average Bonchev–Trinajstić information content (AvgIpc) is 2.51. The van der Waals surface area contributed by atoms with Gasteiger partial charge in [0.25, 0.3) is 0 Å². The molecule has 110 valence electrons. The molecule has 1 aliphatic rings. The zero-order valence-corrected chi connectivity index (χ0v) is 12.5. The number of nitrogens with one attached hydrogen (secondary N) is 1.